The number of hydrogen-bond donors (Lipinski definition) is 3. The van der Waals surface area contributed by atoms with Crippen molar-refractivity contribution < 1.29 is 14.7 Å². The minimum absolute atomic E-state index is 0.0531. The number of benzene rings is 1. The SMILES string of the molecule is N=C(N)CCc1cn(CC(=O)N(CC(=O)O)c2ccccc2)nn1. The topological polar surface area (TPSA) is 138 Å². The summed E-state index contributed by atoms with van der Waals surface area (Å²) in [6.07, 6.45) is 2.41. The molecule has 0 aliphatic heterocycles. The highest BCUT2D eigenvalue weighted by atomic mass is 16.4. The third-order valence-corrected chi connectivity index (χ3v) is 3.20. The van der Waals surface area contributed by atoms with Gasteiger partial charge in [-0.05, 0) is 12.1 Å². The van der Waals surface area contributed by atoms with E-state index in [1.165, 1.54) is 9.58 Å². The first kappa shape index (κ1) is 17.1. The fourth-order valence-corrected chi connectivity index (χ4v) is 2.08. The molecule has 0 spiro atoms. The van der Waals surface area contributed by atoms with Crippen molar-refractivity contribution in [2.75, 3.05) is 11.4 Å². The van der Waals surface area contributed by atoms with Crippen LogP contribution in [0, 0.1) is 5.41 Å². The zero-order valence-electron chi connectivity index (χ0n) is 12.9. The minimum atomic E-state index is -1.10. The van der Waals surface area contributed by atoms with Gasteiger partial charge in [-0.2, -0.15) is 0 Å². The number of carboxylic acid groups (broad SMARTS) is 1. The summed E-state index contributed by atoms with van der Waals surface area (Å²) in [5, 5.41) is 24.0. The van der Waals surface area contributed by atoms with Crippen LogP contribution >= 0.6 is 0 Å². The van der Waals surface area contributed by atoms with E-state index in [-0.39, 0.29) is 12.4 Å². The molecule has 0 aliphatic carbocycles. The first-order valence-electron chi connectivity index (χ1n) is 7.25. The molecule has 1 amide bonds. The van der Waals surface area contributed by atoms with Crippen molar-refractivity contribution in [1.29, 1.82) is 5.41 Å². The summed E-state index contributed by atoms with van der Waals surface area (Å²) in [4.78, 5) is 24.7. The largest absolute Gasteiger partial charge is 0.480 e. The third-order valence-electron chi connectivity index (χ3n) is 3.20. The van der Waals surface area contributed by atoms with Crippen LogP contribution in [0.25, 0.3) is 0 Å². The summed E-state index contributed by atoms with van der Waals surface area (Å²) in [6.45, 7) is -0.565. The molecule has 1 aromatic heterocycles. The van der Waals surface area contributed by atoms with Gasteiger partial charge in [-0.25, -0.2) is 4.68 Å². The highest BCUT2D eigenvalue weighted by Crippen LogP contribution is 2.14. The number of nitrogens with one attached hydrogen (secondary N) is 1. The summed E-state index contributed by atoms with van der Waals surface area (Å²) < 4.78 is 1.34. The maximum absolute atomic E-state index is 12.4. The molecule has 0 atom stereocenters. The third kappa shape index (κ3) is 4.90. The van der Waals surface area contributed by atoms with Gasteiger partial charge in [0, 0.05) is 24.7 Å². The lowest BCUT2D eigenvalue weighted by atomic mass is 10.2. The normalized spacial score (nSPS) is 10.3. The van der Waals surface area contributed by atoms with Crippen molar-refractivity contribution >= 4 is 23.4 Å². The van der Waals surface area contributed by atoms with Crippen LogP contribution in [0.1, 0.15) is 12.1 Å². The Kier molecular flexibility index (Phi) is 5.61. The zero-order chi connectivity index (χ0) is 17.5. The number of hydrogen-bond acceptors (Lipinski definition) is 5. The number of rotatable bonds is 8. The van der Waals surface area contributed by atoms with Crippen molar-refractivity contribution in [3.05, 3.63) is 42.2 Å². The number of nitrogens with two attached hydrogens (primary N) is 1. The van der Waals surface area contributed by atoms with E-state index in [1.807, 2.05) is 0 Å². The van der Waals surface area contributed by atoms with Crippen molar-refractivity contribution in [2.45, 2.75) is 19.4 Å². The number of aryl methyl sites for hydroxylation is 1. The van der Waals surface area contributed by atoms with E-state index in [0.717, 1.165) is 0 Å². The Balaban J connectivity index is 2.07. The Hall–Kier alpha value is -3.23. The smallest absolute Gasteiger partial charge is 0.323 e. The van der Waals surface area contributed by atoms with Crippen LogP contribution in [0.15, 0.2) is 36.5 Å². The molecule has 9 heteroatoms. The fourth-order valence-electron chi connectivity index (χ4n) is 2.08. The molecule has 1 heterocycles. The van der Waals surface area contributed by atoms with Gasteiger partial charge < -0.3 is 10.8 Å². The molecule has 2 rings (SSSR count). The highest BCUT2D eigenvalue weighted by Gasteiger charge is 2.19. The lowest BCUT2D eigenvalue weighted by Crippen LogP contribution is -2.38. The molecule has 126 valence electrons. The molecule has 0 saturated heterocycles. The lowest BCUT2D eigenvalue weighted by Gasteiger charge is -2.20. The Morgan fingerprint density at radius 2 is 2.00 bits per heavy atom. The first-order chi connectivity index (χ1) is 11.5. The minimum Gasteiger partial charge on any atom is -0.480 e. The standard InChI is InChI=1S/C15H18N6O3/c16-13(17)7-6-11-8-20(19-18-11)9-14(22)21(10-15(23)24)12-4-2-1-3-5-12/h1-5,8H,6-7,9-10H2,(H3,16,17)(H,23,24). The lowest BCUT2D eigenvalue weighted by molar-refractivity contribution is -0.136. The second kappa shape index (κ2) is 7.86. The van der Waals surface area contributed by atoms with Crippen molar-refractivity contribution in [1.82, 2.24) is 15.0 Å². The number of carboxylic acids is 1. The van der Waals surface area contributed by atoms with E-state index < -0.39 is 18.4 Å². The average molecular weight is 330 g/mol. The van der Waals surface area contributed by atoms with Crippen molar-refractivity contribution in [2.24, 2.45) is 5.73 Å². The summed E-state index contributed by atoms with van der Waals surface area (Å²) in [6, 6.07) is 8.58. The molecule has 0 bridgehead atoms. The number of para-hydroxylation sites is 1. The van der Waals surface area contributed by atoms with Crippen molar-refractivity contribution in [3.63, 3.8) is 0 Å². The van der Waals surface area contributed by atoms with E-state index in [2.05, 4.69) is 10.3 Å². The van der Waals surface area contributed by atoms with Gasteiger partial charge in [0.05, 0.1) is 11.5 Å². The molecule has 0 radical (unpaired) electrons. The summed E-state index contributed by atoms with van der Waals surface area (Å²) in [5.41, 5.74) is 6.41. The van der Waals surface area contributed by atoms with Gasteiger partial charge in [0.1, 0.15) is 13.1 Å². The molecule has 0 fully saturated rings. The summed E-state index contributed by atoms with van der Waals surface area (Å²) in [5.74, 6) is -1.46. The van der Waals surface area contributed by atoms with Crippen molar-refractivity contribution in [3.8, 4) is 0 Å². The maximum Gasteiger partial charge on any atom is 0.323 e. The van der Waals surface area contributed by atoms with E-state index in [9.17, 15) is 9.59 Å². The number of aromatic nitrogens is 3. The van der Waals surface area contributed by atoms with Crippen LogP contribution in [0.2, 0.25) is 0 Å². The molecule has 4 N–H and O–H groups in total. The van der Waals surface area contributed by atoms with Crippen LogP contribution in [0.4, 0.5) is 5.69 Å². The van der Waals surface area contributed by atoms with E-state index in [4.69, 9.17) is 16.2 Å². The molecule has 2 aromatic rings. The van der Waals surface area contributed by atoms with E-state index in [1.54, 1.807) is 36.5 Å². The summed E-state index contributed by atoms with van der Waals surface area (Å²) in [7, 11) is 0. The van der Waals surface area contributed by atoms with Crippen LogP contribution < -0.4 is 10.6 Å². The number of anilines is 1. The predicted octanol–water partition coefficient (Wildman–Crippen LogP) is 0.264. The van der Waals surface area contributed by atoms with Gasteiger partial charge in [0.25, 0.3) is 0 Å². The Morgan fingerprint density at radius 1 is 1.29 bits per heavy atom. The molecule has 0 saturated carbocycles. The van der Waals surface area contributed by atoms with Gasteiger partial charge >= 0.3 is 5.97 Å². The van der Waals surface area contributed by atoms with Gasteiger partial charge in [-0.15, -0.1) is 5.10 Å². The number of amidine groups is 1. The number of aliphatic carboxylic acids is 1. The number of carbonyl (C=O) groups excluding carboxylic acids is 1. The van der Waals surface area contributed by atoms with Gasteiger partial charge in [-0.3, -0.25) is 19.9 Å². The number of carbonyl (C=O) groups is 2. The zero-order valence-corrected chi connectivity index (χ0v) is 12.9. The average Bonchev–Trinajstić information content (AvgIpc) is 2.98. The van der Waals surface area contributed by atoms with E-state index in [0.29, 0.717) is 24.2 Å². The molecular formula is C15H18N6O3. The summed E-state index contributed by atoms with van der Waals surface area (Å²) >= 11 is 0. The van der Waals surface area contributed by atoms with Gasteiger partial charge in [0.2, 0.25) is 5.91 Å². The molecule has 1 aromatic carbocycles. The molecule has 0 aliphatic rings. The molecular weight excluding hydrogens is 312 g/mol. The Morgan fingerprint density at radius 3 is 2.62 bits per heavy atom. The maximum atomic E-state index is 12.4. The van der Waals surface area contributed by atoms with Crippen LogP contribution in [0.3, 0.4) is 0 Å². The van der Waals surface area contributed by atoms with Crippen LogP contribution in [-0.4, -0.2) is 44.4 Å². The number of nitrogens with zero attached hydrogens (tertiary/aromatic N) is 4. The monoisotopic (exact) mass is 330 g/mol. The molecule has 0 unspecified atom stereocenters. The van der Waals surface area contributed by atoms with Gasteiger partial charge in [0.15, 0.2) is 0 Å². The van der Waals surface area contributed by atoms with Gasteiger partial charge in [-0.1, -0.05) is 23.4 Å². The molecule has 24 heavy (non-hydrogen) atoms. The first-order valence-corrected chi connectivity index (χ1v) is 7.25. The number of amides is 1. The second-order valence-corrected chi connectivity index (χ2v) is 5.14. The Bertz CT molecular complexity index is 728. The quantitative estimate of drug-likeness (QED) is 0.469. The highest BCUT2D eigenvalue weighted by molar-refractivity contribution is 5.97. The second-order valence-electron chi connectivity index (χ2n) is 5.14. The fraction of sp³-hybridized carbons (Fsp3) is 0.267. The predicted molar refractivity (Wildman–Crippen MR) is 86.7 cm³/mol. The van der Waals surface area contributed by atoms with Crippen LogP contribution in [-0.2, 0) is 22.6 Å². The molecule has 9 nitrogen and oxygen atoms in total. The van der Waals surface area contributed by atoms with Crippen LogP contribution in [0.5, 0.6) is 0 Å². The van der Waals surface area contributed by atoms with E-state index >= 15 is 0 Å². The Labute approximate surface area is 138 Å².